The van der Waals surface area contributed by atoms with Crippen LogP contribution >= 0.6 is 0 Å². The van der Waals surface area contributed by atoms with Crippen molar-refractivity contribution in [3.05, 3.63) is 65.7 Å². The number of hydrogen-bond donors (Lipinski definition) is 0. The molecule has 1 heterocycles. The average Bonchev–Trinajstić information content (AvgIpc) is 3.98. The molecule has 1 aliphatic heterocycles. The number of anilines is 1. The Hall–Kier alpha value is -4.45. The SMILES string of the molecule is CCC(=O)N(C)[C@@H](CC1CC1)C(=O)O[C@H](Cc1ccc(N2CCOCC2)cc1)C(=O)N(C)[C@@H](CC(C)C)C(=O)O[C@H](C)C(=O)OCc1ccccc1. The molecular formula is C40H55N3O9. The number of hydrogen-bond acceptors (Lipinski definition) is 10. The van der Waals surface area contributed by atoms with Crippen LogP contribution in [0.5, 0.6) is 0 Å². The van der Waals surface area contributed by atoms with Gasteiger partial charge in [0.05, 0.1) is 13.2 Å². The minimum Gasteiger partial charge on any atom is -0.458 e. The first-order valence-corrected chi connectivity index (χ1v) is 18.4. The highest BCUT2D eigenvalue weighted by atomic mass is 16.6. The van der Waals surface area contributed by atoms with Crippen molar-refractivity contribution >= 4 is 35.4 Å². The molecule has 12 nitrogen and oxygen atoms in total. The largest absolute Gasteiger partial charge is 0.458 e. The number of nitrogens with zero attached hydrogens (tertiary/aromatic N) is 3. The average molecular weight is 722 g/mol. The summed E-state index contributed by atoms with van der Waals surface area (Å²) >= 11 is 0. The second-order valence-corrected chi connectivity index (χ2v) is 14.2. The van der Waals surface area contributed by atoms with Crippen LogP contribution in [0.1, 0.15) is 70.9 Å². The Morgan fingerprint density at radius 1 is 0.808 bits per heavy atom. The number of ether oxygens (including phenoxy) is 4. The fourth-order valence-electron chi connectivity index (χ4n) is 6.17. The molecular weight excluding hydrogens is 666 g/mol. The van der Waals surface area contributed by atoms with E-state index >= 15 is 0 Å². The number of rotatable bonds is 18. The maximum absolute atomic E-state index is 14.4. The Balaban J connectivity index is 1.54. The molecule has 2 aliphatic rings. The lowest BCUT2D eigenvalue weighted by molar-refractivity contribution is -0.174. The predicted octanol–water partition coefficient (Wildman–Crippen LogP) is 4.56. The van der Waals surface area contributed by atoms with Gasteiger partial charge in [0.15, 0.2) is 12.2 Å². The van der Waals surface area contributed by atoms with Crippen LogP contribution in [0.4, 0.5) is 5.69 Å². The van der Waals surface area contributed by atoms with Gasteiger partial charge in [-0.3, -0.25) is 9.59 Å². The predicted molar refractivity (Wildman–Crippen MR) is 195 cm³/mol. The van der Waals surface area contributed by atoms with E-state index in [1.54, 1.807) is 14.0 Å². The number of carbonyl (C=O) groups is 5. The molecule has 284 valence electrons. The van der Waals surface area contributed by atoms with Crippen LogP contribution in [0, 0.1) is 11.8 Å². The molecule has 2 aromatic carbocycles. The zero-order valence-electron chi connectivity index (χ0n) is 31.5. The second kappa shape index (κ2) is 19.4. The topological polar surface area (TPSA) is 132 Å². The Labute approximate surface area is 307 Å². The molecule has 12 heteroatoms. The molecule has 4 atom stereocenters. The van der Waals surface area contributed by atoms with E-state index in [9.17, 15) is 24.0 Å². The molecule has 2 amide bonds. The first-order chi connectivity index (χ1) is 24.9. The van der Waals surface area contributed by atoms with Gasteiger partial charge in [0.25, 0.3) is 5.91 Å². The molecule has 1 saturated carbocycles. The van der Waals surface area contributed by atoms with Gasteiger partial charge < -0.3 is 33.6 Å². The highest BCUT2D eigenvalue weighted by molar-refractivity contribution is 5.91. The molecule has 0 unspecified atom stereocenters. The highest BCUT2D eigenvalue weighted by Gasteiger charge is 2.40. The standard InChI is InChI=1S/C40H55N3O9/c1-7-36(44)41(5)34(24-29-13-14-29)40(48)52-35(25-30-15-17-32(18-16-30)43-19-21-49-22-20-43)37(45)42(6)33(23-27(2)3)39(47)51-28(4)38(46)50-26-31-11-9-8-10-12-31/h8-12,15-18,27-29,33-35H,7,13-14,19-26H2,1-6H3/t28-,33+,34+,35-/m1/s1. The van der Waals surface area contributed by atoms with Gasteiger partial charge in [-0.15, -0.1) is 0 Å². The van der Waals surface area contributed by atoms with Crippen molar-refractivity contribution in [3.63, 3.8) is 0 Å². The van der Waals surface area contributed by atoms with Crippen LogP contribution in [0.3, 0.4) is 0 Å². The van der Waals surface area contributed by atoms with Gasteiger partial charge in [0.2, 0.25) is 5.91 Å². The van der Waals surface area contributed by atoms with Crippen molar-refractivity contribution in [2.45, 2.75) is 97.1 Å². The normalized spacial score (nSPS) is 16.6. The van der Waals surface area contributed by atoms with Gasteiger partial charge in [-0.2, -0.15) is 0 Å². The summed E-state index contributed by atoms with van der Waals surface area (Å²) in [5, 5.41) is 0. The lowest BCUT2D eigenvalue weighted by Gasteiger charge is -2.33. The summed E-state index contributed by atoms with van der Waals surface area (Å²) < 4.78 is 22.5. The van der Waals surface area contributed by atoms with Crippen LogP contribution in [-0.2, 0) is 55.9 Å². The lowest BCUT2D eigenvalue weighted by Crippen LogP contribution is -2.52. The smallest absolute Gasteiger partial charge is 0.347 e. The van der Waals surface area contributed by atoms with E-state index in [1.165, 1.54) is 23.8 Å². The van der Waals surface area contributed by atoms with Crippen molar-refractivity contribution in [1.29, 1.82) is 0 Å². The Bertz CT molecular complexity index is 1490. The van der Waals surface area contributed by atoms with Gasteiger partial charge in [0, 0.05) is 45.7 Å². The van der Waals surface area contributed by atoms with Crippen molar-refractivity contribution < 1.29 is 42.9 Å². The van der Waals surface area contributed by atoms with Crippen LogP contribution in [0.25, 0.3) is 0 Å². The molecule has 0 radical (unpaired) electrons. The van der Waals surface area contributed by atoms with E-state index < -0.39 is 48.1 Å². The molecule has 1 aliphatic carbocycles. The summed E-state index contributed by atoms with van der Waals surface area (Å²) in [6, 6.07) is 15.0. The molecule has 1 saturated heterocycles. The van der Waals surface area contributed by atoms with Crippen LogP contribution in [0.15, 0.2) is 54.6 Å². The van der Waals surface area contributed by atoms with Gasteiger partial charge >= 0.3 is 17.9 Å². The zero-order valence-corrected chi connectivity index (χ0v) is 31.5. The van der Waals surface area contributed by atoms with E-state index in [4.69, 9.17) is 18.9 Å². The zero-order chi connectivity index (χ0) is 37.8. The van der Waals surface area contributed by atoms with Crippen molar-refractivity contribution in [1.82, 2.24) is 9.80 Å². The third-order valence-corrected chi connectivity index (χ3v) is 9.59. The number of morpholine rings is 1. The third kappa shape index (κ3) is 11.8. The van der Waals surface area contributed by atoms with Gasteiger partial charge in [0.1, 0.15) is 18.7 Å². The monoisotopic (exact) mass is 721 g/mol. The van der Waals surface area contributed by atoms with Crippen molar-refractivity contribution in [2.24, 2.45) is 11.8 Å². The molecule has 4 rings (SSSR count). The van der Waals surface area contributed by atoms with E-state index in [2.05, 4.69) is 4.90 Å². The van der Waals surface area contributed by atoms with E-state index in [0.717, 1.165) is 42.7 Å². The minimum atomic E-state index is -1.30. The minimum absolute atomic E-state index is 0.0244. The number of benzene rings is 2. The van der Waals surface area contributed by atoms with E-state index in [1.807, 2.05) is 68.4 Å². The molecule has 0 aromatic heterocycles. The first kappa shape index (κ1) is 40.3. The van der Waals surface area contributed by atoms with Crippen molar-refractivity contribution in [2.75, 3.05) is 45.3 Å². The van der Waals surface area contributed by atoms with Gasteiger partial charge in [-0.25, -0.2) is 14.4 Å². The second-order valence-electron chi connectivity index (χ2n) is 14.2. The van der Waals surface area contributed by atoms with Crippen LogP contribution in [-0.4, -0.2) is 104 Å². The molecule has 0 spiro atoms. The van der Waals surface area contributed by atoms with Gasteiger partial charge in [-0.1, -0.05) is 76.1 Å². The summed E-state index contributed by atoms with van der Waals surface area (Å²) in [7, 11) is 3.07. The maximum atomic E-state index is 14.4. The number of esters is 3. The fraction of sp³-hybridized carbons (Fsp3) is 0.575. The summed E-state index contributed by atoms with van der Waals surface area (Å²) in [4.78, 5) is 72.2. The first-order valence-electron chi connectivity index (χ1n) is 18.4. The highest BCUT2D eigenvalue weighted by Crippen LogP contribution is 2.35. The molecule has 0 bridgehead atoms. The van der Waals surface area contributed by atoms with Crippen LogP contribution < -0.4 is 4.90 Å². The summed E-state index contributed by atoms with van der Waals surface area (Å²) in [5.74, 6) is -2.66. The molecule has 0 N–H and O–H groups in total. The molecule has 52 heavy (non-hydrogen) atoms. The summed E-state index contributed by atoms with van der Waals surface area (Å²) in [6.07, 6.45) is 0.378. The Morgan fingerprint density at radius 3 is 2.04 bits per heavy atom. The summed E-state index contributed by atoms with van der Waals surface area (Å²) in [6.45, 7) is 9.83. The number of carbonyl (C=O) groups excluding carboxylic acids is 5. The van der Waals surface area contributed by atoms with Gasteiger partial charge in [-0.05, 0) is 54.9 Å². The van der Waals surface area contributed by atoms with E-state index in [0.29, 0.717) is 25.6 Å². The Kier molecular flexibility index (Phi) is 15.0. The number of likely N-dealkylation sites (N-methyl/N-ethyl adjacent to an activating group) is 2. The van der Waals surface area contributed by atoms with Crippen molar-refractivity contribution in [3.8, 4) is 0 Å². The molecule has 2 fully saturated rings. The van der Waals surface area contributed by atoms with E-state index in [-0.39, 0.29) is 37.7 Å². The third-order valence-electron chi connectivity index (χ3n) is 9.59. The fourth-order valence-corrected chi connectivity index (χ4v) is 6.17. The number of amides is 2. The summed E-state index contributed by atoms with van der Waals surface area (Å²) in [5.41, 5.74) is 2.56. The maximum Gasteiger partial charge on any atom is 0.347 e. The Morgan fingerprint density at radius 2 is 1.44 bits per heavy atom. The lowest BCUT2D eigenvalue weighted by atomic mass is 10.0. The molecule has 2 aromatic rings. The quantitative estimate of drug-likeness (QED) is 0.159. The van der Waals surface area contributed by atoms with Crippen LogP contribution in [0.2, 0.25) is 0 Å².